The van der Waals surface area contributed by atoms with Gasteiger partial charge in [0.15, 0.2) is 0 Å². The number of thiophene rings is 1. The van der Waals surface area contributed by atoms with E-state index in [0.29, 0.717) is 21.9 Å². The minimum Gasteiger partial charge on any atom is -0.495 e. The van der Waals surface area contributed by atoms with Crippen LogP contribution in [0.15, 0.2) is 35.7 Å². The van der Waals surface area contributed by atoms with E-state index in [1.807, 2.05) is 0 Å². The van der Waals surface area contributed by atoms with Crippen molar-refractivity contribution < 1.29 is 17.9 Å². The molecule has 2 aromatic rings. The van der Waals surface area contributed by atoms with Gasteiger partial charge in [-0.15, -0.1) is 11.3 Å². The summed E-state index contributed by atoms with van der Waals surface area (Å²) in [5.41, 5.74) is 0.918. The van der Waals surface area contributed by atoms with E-state index >= 15 is 0 Å². The van der Waals surface area contributed by atoms with E-state index in [4.69, 9.17) is 4.74 Å². The number of ether oxygens (including phenoxy) is 1. The second kappa shape index (κ2) is 6.28. The number of hydrogen-bond acceptors (Lipinski definition) is 5. The van der Waals surface area contributed by atoms with Crippen molar-refractivity contribution in [1.29, 1.82) is 0 Å². The van der Waals surface area contributed by atoms with Crippen molar-refractivity contribution in [3.63, 3.8) is 0 Å². The largest absolute Gasteiger partial charge is 0.495 e. The van der Waals surface area contributed by atoms with Crippen molar-refractivity contribution >= 4 is 32.8 Å². The fourth-order valence-electron chi connectivity index (χ4n) is 1.70. The summed E-state index contributed by atoms with van der Waals surface area (Å²) < 4.78 is 30.5. The van der Waals surface area contributed by atoms with Crippen LogP contribution >= 0.6 is 11.3 Å². The van der Waals surface area contributed by atoms with Crippen molar-refractivity contribution in [3.05, 3.63) is 46.2 Å². The maximum absolute atomic E-state index is 12.3. The number of sulfonamides is 1. The first-order valence-corrected chi connectivity index (χ1v) is 8.76. The average molecular weight is 325 g/mol. The molecule has 0 bridgehead atoms. The fraction of sp³-hybridized carbons (Fsp3) is 0.214. The zero-order valence-corrected chi connectivity index (χ0v) is 13.3. The zero-order chi connectivity index (χ0) is 15.5. The average Bonchev–Trinajstić information content (AvgIpc) is 2.95. The summed E-state index contributed by atoms with van der Waals surface area (Å²) in [5, 5.41) is 1.79. The van der Waals surface area contributed by atoms with E-state index in [0.717, 1.165) is 0 Å². The first kappa shape index (κ1) is 15.5. The van der Waals surface area contributed by atoms with Gasteiger partial charge < -0.3 is 4.74 Å². The van der Waals surface area contributed by atoms with E-state index in [1.54, 1.807) is 42.6 Å². The Morgan fingerprint density at radius 1 is 1.24 bits per heavy atom. The normalized spacial score (nSPS) is 11.1. The molecule has 0 unspecified atom stereocenters. The number of hydrogen-bond donors (Lipinski definition) is 1. The predicted molar refractivity (Wildman–Crippen MR) is 83.8 cm³/mol. The molecule has 1 aromatic carbocycles. The molecule has 0 saturated heterocycles. The number of nitrogens with one attached hydrogen (secondary N) is 1. The Morgan fingerprint density at radius 3 is 2.48 bits per heavy atom. The molecule has 0 radical (unpaired) electrons. The van der Waals surface area contributed by atoms with Gasteiger partial charge in [0.05, 0.1) is 12.9 Å². The Labute approximate surface area is 127 Å². The van der Waals surface area contributed by atoms with Gasteiger partial charge in [0, 0.05) is 11.3 Å². The maximum atomic E-state index is 12.3. The van der Waals surface area contributed by atoms with E-state index < -0.39 is 10.0 Å². The monoisotopic (exact) mass is 325 g/mol. The third-order valence-corrected chi connectivity index (χ3v) is 5.06. The van der Waals surface area contributed by atoms with Crippen LogP contribution in [0.3, 0.4) is 0 Å². The highest BCUT2D eigenvalue weighted by Gasteiger charge is 2.16. The van der Waals surface area contributed by atoms with E-state index in [-0.39, 0.29) is 11.5 Å². The molecule has 2 rings (SSSR count). The third kappa shape index (κ3) is 3.62. The molecule has 0 spiro atoms. The predicted octanol–water partition coefficient (Wildman–Crippen LogP) is 2.75. The van der Waals surface area contributed by atoms with Crippen molar-refractivity contribution in [1.82, 2.24) is 0 Å². The van der Waals surface area contributed by atoms with Gasteiger partial charge in [0.25, 0.3) is 0 Å². The molecule has 112 valence electrons. The quantitative estimate of drug-likeness (QED) is 0.829. The molecular weight excluding hydrogens is 310 g/mol. The molecule has 5 nitrogen and oxygen atoms in total. The van der Waals surface area contributed by atoms with E-state index in [2.05, 4.69) is 4.72 Å². The summed E-state index contributed by atoms with van der Waals surface area (Å²) >= 11 is 1.31. The first-order valence-electron chi connectivity index (χ1n) is 6.23. The van der Waals surface area contributed by atoms with Gasteiger partial charge >= 0.3 is 0 Å². The van der Waals surface area contributed by atoms with E-state index in [1.165, 1.54) is 18.4 Å². The standard InChI is InChI=1S/C14H15NO4S2/c1-3-21(17,18)15-11-6-4-10(5-7-11)13(16)14-12(19-2)8-9-20-14/h4-9,15H,3H2,1-2H3. The van der Waals surface area contributed by atoms with Crippen LogP contribution in [0.25, 0.3) is 0 Å². The smallest absolute Gasteiger partial charge is 0.232 e. The number of ketones is 1. The van der Waals surface area contributed by atoms with Crippen LogP contribution < -0.4 is 9.46 Å². The summed E-state index contributed by atoms with van der Waals surface area (Å²) in [6.07, 6.45) is 0. The SMILES string of the molecule is CCS(=O)(=O)Nc1ccc(C(=O)c2sccc2OC)cc1. The maximum Gasteiger partial charge on any atom is 0.232 e. The highest BCUT2D eigenvalue weighted by atomic mass is 32.2. The number of carbonyl (C=O) groups is 1. The molecule has 1 heterocycles. The summed E-state index contributed by atoms with van der Waals surface area (Å²) in [6, 6.07) is 8.06. The molecule has 1 aromatic heterocycles. The Morgan fingerprint density at radius 2 is 1.90 bits per heavy atom. The number of benzene rings is 1. The van der Waals surface area contributed by atoms with Crippen molar-refractivity contribution in [2.45, 2.75) is 6.92 Å². The van der Waals surface area contributed by atoms with Gasteiger partial charge in [-0.05, 0) is 42.6 Å². The minimum atomic E-state index is -3.31. The molecule has 21 heavy (non-hydrogen) atoms. The molecule has 0 atom stereocenters. The molecule has 0 aliphatic carbocycles. The van der Waals surface area contributed by atoms with Crippen LogP contribution in [0.1, 0.15) is 22.2 Å². The lowest BCUT2D eigenvalue weighted by atomic mass is 10.1. The van der Waals surface area contributed by atoms with E-state index in [9.17, 15) is 13.2 Å². The molecule has 0 aliphatic heterocycles. The number of anilines is 1. The fourth-order valence-corrected chi connectivity index (χ4v) is 3.16. The summed E-state index contributed by atoms with van der Waals surface area (Å²) in [4.78, 5) is 12.9. The lowest BCUT2D eigenvalue weighted by molar-refractivity contribution is 0.104. The first-order chi connectivity index (χ1) is 9.96. The van der Waals surface area contributed by atoms with Crippen LogP contribution in [0, 0.1) is 0 Å². The second-order valence-electron chi connectivity index (χ2n) is 4.23. The van der Waals surface area contributed by atoms with Crippen LogP contribution in [-0.4, -0.2) is 27.1 Å². The van der Waals surface area contributed by atoms with Crippen LogP contribution in [0.5, 0.6) is 5.75 Å². The molecular formula is C14H15NO4S2. The van der Waals surface area contributed by atoms with Gasteiger partial charge in [-0.3, -0.25) is 9.52 Å². The van der Waals surface area contributed by atoms with Crippen molar-refractivity contribution in [2.75, 3.05) is 17.6 Å². The van der Waals surface area contributed by atoms with Gasteiger partial charge in [-0.25, -0.2) is 8.42 Å². The number of methoxy groups -OCH3 is 1. The number of rotatable bonds is 6. The molecule has 0 aliphatic rings. The second-order valence-corrected chi connectivity index (χ2v) is 7.16. The molecule has 0 saturated carbocycles. The lowest BCUT2D eigenvalue weighted by Gasteiger charge is -2.07. The van der Waals surface area contributed by atoms with Crippen LogP contribution in [-0.2, 0) is 10.0 Å². The highest BCUT2D eigenvalue weighted by Crippen LogP contribution is 2.27. The summed E-state index contributed by atoms with van der Waals surface area (Å²) in [5.74, 6) is 0.396. The van der Waals surface area contributed by atoms with Crippen LogP contribution in [0.4, 0.5) is 5.69 Å². The Balaban J connectivity index is 2.21. The molecule has 0 fully saturated rings. The van der Waals surface area contributed by atoms with Gasteiger partial charge in [0.2, 0.25) is 15.8 Å². The summed E-state index contributed by atoms with van der Waals surface area (Å²) in [6.45, 7) is 1.56. The minimum absolute atomic E-state index is 0.0000756. The molecule has 7 heteroatoms. The van der Waals surface area contributed by atoms with Gasteiger partial charge in [-0.1, -0.05) is 0 Å². The number of carbonyl (C=O) groups excluding carboxylic acids is 1. The highest BCUT2D eigenvalue weighted by molar-refractivity contribution is 7.92. The summed E-state index contributed by atoms with van der Waals surface area (Å²) in [7, 11) is -1.80. The Hall–Kier alpha value is -1.86. The van der Waals surface area contributed by atoms with Gasteiger partial charge in [-0.2, -0.15) is 0 Å². The topological polar surface area (TPSA) is 72.5 Å². The Bertz CT molecular complexity index is 733. The Kier molecular flexibility index (Phi) is 4.64. The molecule has 1 N–H and O–H groups in total. The van der Waals surface area contributed by atoms with Crippen molar-refractivity contribution in [2.24, 2.45) is 0 Å². The zero-order valence-electron chi connectivity index (χ0n) is 11.6. The third-order valence-electron chi connectivity index (χ3n) is 2.86. The van der Waals surface area contributed by atoms with Gasteiger partial charge in [0.1, 0.15) is 10.6 Å². The van der Waals surface area contributed by atoms with Crippen LogP contribution in [0.2, 0.25) is 0 Å². The lowest BCUT2D eigenvalue weighted by Crippen LogP contribution is -2.14. The van der Waals surface area contributed by atoms with Crippen molar-refractivity contribution in [3.8, 4) is 5.75 Å². The molecule has 0 amide bonds.